The third-order valence-corrected chi connectivity index (χ3v) is 3.22. The van der Waals surface area contributed by atoms with E-state index in [4.69, 9.17) is 14.2 Å². The fraction of sp³-hybridized carbons (Fsp3) is 0.188. The van der Waals surface area contributed by atoms with E-state index in [1.54, 1.807) is 43.5 Å². The quantitative estimate of drug-likeness (QED) is 0.602. The lowest BCUT2D eigenvalue weighted by Gasteiger charge is -2.10. The van der Waals surface area contributed by atoms with Crippen LogP contribution in [0.15, 0.2) is 46.9 Å². The van der Waals surface area contributed by atoms with Crippen LogP contribution in [-0.2, 0) is 0 Å². The van der Waals surface area contributed by atoms with E-state index < -0.39 is 5.97 Å². The molecular weight excluding hydrogens is 336 g/mol. The van der Waals surface area contributed by atoms with E-state index in [1.807, 2.05) is 13.0 Å². The Morgan fingerprint density at radius 2 is 1.76 bits per heavy atom. The van der Waals surface area contributed by atoms with Crippen molar-refractivity contribution in [3.8, 4) is 17.2 Å². The molecule has 0 aromatic heterocycles. The van der Waals surface area contributed by atoms with Crippen molar-refractivity contribution in [2.24, 2.45) is 0 Å². The maximum atomic E-state index is 12.3. The average Bonchev–Trinajstić information content (AvgIpc) is 2.50. The van der Waals surface area contributed by atoms with Crippen molar-refractivity contribution < 1.29 is 19.0 Å². The van der Waals surface area contributed by atoms with Crippen molar-refractivity contribution in [1.82, 2.24) is 0 Å². The summed E-state index contributed by atoms with van der Waals surface area (Å²) >= 11 is 3.34. The summed E-state index contributed by atoms with van der Waals surface area (Å²) in [7, 11) is 1.58. The number of halogens is 1. The number of benzene rings is 2. The topological polar surface area (TPSA) is 44.8 Å². The summed E-state index contributed by atoms with van der Waals surface area (Å²) in [5.41, 5.74) is 0.377. The minimum absolute atomic E-state index is 0.377. The largest absolute Gasteiger partial charge is 0.497 e. The summed E-state index contributed by atoms with van der Waals surface area (Å²) in [6, 6.07) is 12.0. The first kappa shape index (κ1) is 15.4. The second kappa shape index (κ2) is 7.13. The Bertz CT molecular complexity index is 623. The molecule has 0 heterocycles. The second-order valence-corrected chi connectivity index (χ2v) is 5.05. The first-order valence-electron chi connectivity index (χ1n) is 6.42. The summed E-state index contributed by atoms with van der Waals surface area (Å²) in [5.74, 6) is 1.18. The van der Waals surface area contributed by atoms with Crippen LogP contribution in [0.2, 0.25) is 0 Å². The van der Waals surface area contributed by atoms with Crippen LogP contribution in [0.3, 0.4) is 0 Å². The van der Waals surface area contributed by atoms with Gasteiger partial charge in [0.05, 0.1) is 13.7 Å². The predicted molar refractivity (Wildman–Crippen MR) is 83.3 cm³/mol. The Hall–Kier alpha value is -2.01. The Morgan fingerprint density at radius 1 is 1.10 bits per heavy atom. The zero-order valence-corrected chi connectivity index (χ0v) is 13.3. The summed E-state index contributed by atoms with van der Waals surface area (Å²) < 4.78 is 16.6. The molecule has 21 heavy (non-hydrogen) atoms. The SMILES string of the molecule is CCOc1ccc(Br)cc1C(=O)Oc1ccc(OC)cc1. The van der Waals surface area contributed by atoms with E-state index in [9.17, 15) is 4.79 Å². The molecule has 0 saturated heterocycles. The van der Waals surface area contributed by atoms with Gasteiger partial charge < -0.3 is 14.2 Å². The smallest absolute Gasteiger partial charge is 0.347 e. The Morgan fingerprint density at radius 3 is 2.38 bits per heavy atom. The van der Waals surface area contributed by atoms with E-state index in [2.05, 4.69) is 15.9 Å². The van der Waals surface area contributed by atoms with E-state index in [1.165, 1.54) is 0 Å². The van der Waals surface area contributed by atoms with E-state index >= 15 is 0 Å². The first-order valence-corrected chi connectivity index (χ1v) is 7.22. The summed E-state index contributed by atoms with van der Waals surface area (Å²) in [5, 5.41) is 0. The molecule has 0 N–H and O–H groups in total. The van der Waals surface area contributed by atoms with Gasteiger partial charge in [0.15, 0.2) is 0 Å². The van der Waals surface area contributed by atoms with Crippen LogP contribution < -0.4 is 14.2 Å². The molecule has 0 spiro atoms. The fourth-order valence-corrected chi connectivity index (χ4v) is 2.11. The number of carbonyl (C=O) groups is 1. The lowest BCUT2D eigenvalue weighted by Crippen LogP contribution is -2.11. The van der Waals surface area contributed by atoms with Gasteiger partial charge in [0.25, 0.3) is 0 Å². The number of methoxy groups -OCH3 is 1. The number of hydrogen-bond donors (Lipinski definition) is 0. The Balaban J connectivity index is 2.20. The third-order valence-electron chi connectivity index (χ3n) is 2.73. The van der Waals surface area contributed by atoms with Gasteiger partial charge in [-0.15, -0.1) is 0 Å². The van der Waals surface area contributed by atoms with E-state index in [-0.39, 0.29) is 0 Å². The van der Waals surface area contributed by atoms with Crippen molar-refractivity contribution in [3.05, 3.63) is 52.5 Å². The molecule has 0 bridgehead atoms. The van der Waals surface area contributed by atoms with Crippen LogP contribution in [0.1, 0.15) is 17.3 Å². The standard InChI is InChI=1S/C16H15BrO4/c1-3-20-15-9-4-11(17)10-14(15)16(18)21-13-7-5-12(19-2)6-8-13/h4-10H,3H2,1-2H3. The van der Waals surface area contributed by atoms with Crippen LogP contribution in [0, 0.1) is 0 Å². The summed E-state index contributed by atoms with van der Waals surface area (Å²) in [6.07, 6.45) is 0. The van der Waals surface area contributed by atoms with Gasteiger partial charge in [-0.3, -0.25) is 0 Å². The van der Waals surface area contributed by atoms with E-state index in [0.29, 0.717) is 29.4 Å². The zero-order valence-electron chi connectivity index (χ0n) is 11.8. The highest BCUT2D eigenvalue weighted by atomic mass is 79.9. The lowest BCUT2D eigenvalue weighted by molar-refractivity contribution is 0.0730. The summed E-state index contributed by atoms with van der Waals surface area (Å²) in [4.78, 5) is 12.3. The van der Waals surface area contributed by atoms with Gasteiger partial charge in [-0.05, 0) is 49.4 Å². The maximum absolute atomic E-state index is 12.3. The van der Waals surface area contributed by atoms with Crippen molar-refractivity contribution in [3.63, 3.8) is 0 Å². The molecule has 0 atom stereocenters. The molecule has 0 amide bonds. The predicted octanol–water partition coefficient (Wildman–Crippen LogP) is 4.08. The lowest BCUT2D eigenvalue weighted by atomic mass is 10.2. The van der Waals surface area contributed by atoms with E-state index in [0.717, 1.165) is 4.47 Å². The molecule has 0 fully saturated rings. The van der Waals surface area contributed by atoms with Crippen LogP contribution in [0.25, 0.3) is 0 Å². The molecule has 4 nitrogen and oxygen atoms in total. The van der Waals surface area contributed by atoms with Gasteiger partial charge in [0.1, 0.15) is 22.8 Å². The zero-order chi connectivity index (χ0) is 15.2. The Labute approximate surface area is 131 Å². The number of ether oxygens (including phenoxy) is 3. The van der Waals surface area contributed by atoms with Crippen LogP contribution in [0.5, 0.6) is 17.2 Å². The minimum Gasteiger partial charge on any atom is -0.497 e. The molecule has 0 aliphatic heterocycles. The van der Waals surface area contributed by atoms with Gasteiger partial charge in [-0.25, -0.2) is 4.79 Å². The number of esters is 1. The number of carbonyl (C=O) groups excluding carboxylic acids is 1. The first-order chi connectivity index (χ1) is 10.1. The maximum Gasteiger partial charge on any atom is 0.347 e. The number of hydrogen-bond acceptors (Lipinski definition) is 4. The molecular formula is C16H15BrO4. The Kier molecular flexibility index (Phi) is 5.22. The molecule has 2 rings (SSSR count). The molecule has 0 radical (unpaired) electrons. The van der Waals surface area contributed by atoms with Crippen LogP contribution >= 0.6 is 15.9 Å². The summed E-state index contributed by atoms with van der Waals surface area (Å²) in [6.45, 7) is 2.34. The second-order valence-electron chi connectivity index (χ2n) is 4.14. The van der Waals surface area contributed by atoms with Gasteiger partial charge in [-0.1, -0.05) is 15.9 Å². The normalized spacial score (nSPS) is 10.0. The number of rotatable bonds is 5. The van der Waals surface area contributed by atoms with Crippen molar-refractivity contribution in [2.45, 2.75) is 6.92 Å². The van der Waals surface area contributed by atoms with Crippen molar-refractivity contribution in [1.29, 1.82) is 0 Å². The highest BCUT2D eigenvalue weighted by Gasteiger charge is 2.15. The van der Waals surface area contributed by atoms with Crippen molar-refractivity contribution >= 4 is 21.9 Å². The molecule has 0 saturated carbocycles. The molecule has 2 aromatic rings. The van der Waals surface area contributed by atoms with Gasteiger partial charge in [-0.2, -0.15) is 0 Å². The molecule has 5 heteroatoms. The monoisotopic (exact) mass is 350 g/mol. The van der Waals surface area contributed by atoms with Gasteiger partial charge >= 0.3 is 5.97 Å². The van der Waals surface area contributed by atoms with Gasteiger partial charge in [0, 0.05) is 4.47 Å². The molecule has 0 aliphatic rings. The fourth-order valence-electron chi connectivity index (χ4n) is 1.75. The van der Waals surface area contributed by atoms with Crippen molar-refractivity contribution in [2.75, 3.05) is 13.7 Å². The average molecular weight is 351 g/mol. The molecule has 0 unspecified atom stereocenters. The third kappa shape index (κ3) is 3.98. The molecule has 0 aliphatic carbocycles. The van der Waals surface area contributed by atoms with Gasteiger partial charge in [0.2, 0.25) is 0 Å². The highest BCUT2D eigenvalue weighted by Crippen LogP contribution is 2.25. The minimum atomic E-state index is -0.468. The molecule has 110 valence electrons. The van der Waals surface area contributed by atoms with Crippen LogP contribution in [-0.4, -0.2) is 19.7 Å². The molecule has 2 aromatic carbocycles. The van der Waals surface area contributed by atoms with Crippen LogP contribution in [0.4, 0.5) is 0 Å². The highest BCUT2D eigenvalue weighted by molar-refractivity contribution is 9.10.